The lowest BCUT2D eigenvalue weighted by molar-refractivity contribution is -0.172. The third-order valence-corrected chi connectivity index (χ3v) is 5.11. The van der Waals surface area contributed by atoms with Crippen molar-refractivity contribution in [3.8, 4) is 0 Å². The molecule has 0 aromatic carbocycles. The van der Waals surface area contributed by atoms with E-state index in [-0.39, 0.29) is 23.7 Å². The van der Waals surface area contributed by atoms with E-state index in [1.807, 2.05) is 0 Å². The molecular weight excluding hydrogens is 258 g/mol. The fourth-order valence-electron chi connectivity index (χ4n) is 3.61. The molecule has 1 unspecified atom stereocenters. The van der Waals surface area contributed by atoms with Crippen molar-refractivity contribution in [2.75, 3.05) is 0 Å². The maximum Gasteiger partial charge on any atom is 0.329 e. The molecule has 0 aromatic rings. The molecule has 5 heteroatoms. The average Bonchev–Trinajstić information content (AvgIpc) is 2.37. The molecule has 0 bridgehead atoms. The molecule has 1 atom stereocenters. The zero-order chi connectivity index (χ0) is 15.0. The Kier molecular flexibility index (Phi) is 3.89. The quantitative estimate of drug-likeness (QED) is 0.806. The maximum atomic E-state index is 12.4. The zero-order valence-electron chi connectivity index (χ0n) is 12.3. The molecule has 0 radical (unpaired) electrons. The first-order valence-electron chi connectivity index (χ1n) is 7.44. The van der Waals surface area contributed by atoms with E-state index in [1.54, 1.807) is 6.92 Å². The van der Waals surface area contributed by atoms with Gasteiger partial charge in [-0.15, -0.1) is 0 Å². The van der Waals surface area contributed by atoms with Crippen molar-refractivity contribution >= 4 is 17.8 Å². The van der Waals surface area contributed by atoms with E-state index >= 15 is 0 Å². The molecule has 1 heterocycles. The van der Waals surface area contributed by atoms with Crippen LogP contribution in [0.5, 0.6) is 0 Å². The lowest BCUT2D eigenvalue weighted by Gasteiger charge is -2.46. The van der Waals surface area contributed by atoms with Gasteiger partial charge >= 0.3 is 5.97 Å². The van der Waals surface area contributed by atoms with Crippen LogP contribution >= 0.6 is 0 Å². The van der Waals surface area contributed by atoms with Crippen LogP contribution in [0, 0.1) is 5.41 Å². The van der Waals surface area contributed by atoms with Gasteiger partial charge in [0.05, 0.1) is 0 Å². The van der Waals surface area contributed by atoms with Crippen molar-refractivity contribution in [1.82, 2.24) is 4.90 Å². The number of carboxylic acid groups (broad SMARTS) is 1. The Balaban J connectivity index is 2.25. The van der Waals surface area contributed by atoms with E-state index in [0.29, 0.717) is 12.8 Å². The molecule has 2 rings (SSSR count). The Morgan fingerprint density at radius 2 is 1.70 bits per heavy atom. The van der Waals surface area contributed by atoms with E-state index in [1.165, 1.54) is 6.92 Å². The summed E-state index contributed by atoms with van der Waals surface area (Å²) < 4.78 is 0. The molecule has 2 fully saturated rings. The second kappa shape index (κ2) is 5.19. The van der Waals surface area contributed by atoms with E-state index in [2.05, 4.69) is 0 Å². The van der Waals surface area contributed by atoms with Gasteiger partial charge in [-0.2, -0.15) is 0 Å². The Labute approximate surface area is 119 Å². The summed E-state index contributed by atoms with van der Waals surface area (Å²) in [5.41, 5.74) is -1.61. The molecular formula is C15H23NO4. The van der Waals surface area contributed by atoms with E-state index < -0.39 is 11.5 Å². The van der Waals surface area contributed by atoms with Crippen LogP contribution in [0.1, 0.15) is 65.2 Å². The Morgan fingerprint density at radius 3 is 2.10 bits per heavy atom. The number of piperidine rings is 1. The number of nitrogens with zero attached hydrogens (tertiary/aromatic N) is 1. The average molecular weight is 281 g/mol. The molecule has 1 saturated heterocycles. The summed E-state index contributed by atoms with van der Waals surface area (Å²) in [4.78, 5) is 37.3. The number of likely N-dealkylation sites (tertiary alicyclic amines) is 1. The molecule has 1 aliphatic carbocycles. The Morgan fingerprint density at radius 1 is 1.20 bits per heavy atom. The van der Waals surface area contributed by atoms with Crippen LogP contribution in [0.15, 0.2) is 0 Å². The van der Waals surface area contributed by atoms with Gasteiger partial charge in [-0.1, -0.05) is 26.2 Å². The number of carbonyl (C=O) groups is 3. The largest absolute Gasteiger partial charge is 0.479 e. The third kappa shape index (κ3) is 2.34. The highest BCUT2D eigenvalue weighted by Gasteiger charge is 2.51. The van der Waals surface area contributed by atoms with Crippen LogP contribution in [0.2, 0.25) is 0 Å². The highest BCUT2D eigenvalue weighted by atomic mass is 16.4. The van der Waals surface area contributed by atoms with E-state index in [0.717, 1.165) is 37.0 Å². The Hall–Kier alpha value is -1.39. The number of hydrogen-bond acceptors (Lipinski definition) is 3. The van der Waals surface area contributed by atoms with Crippen LogP contribution in [0.4, 0.5) is 0 Å². The minimum absolute atomic E-state index is 0.198. The smallest absolute Gasteiger partial charge is 0.329 e. The van der Waals surface area contributed by atoms with Crippen LogP contribution in [-0.4, -0.2) is 33.3 Å². The summed E-state index contributed by atoms with van der Waals surface area (Å²) in [6, 6.07) is 0. The molecule has 1 spiro atoms. The maximum absolute atomic E-state index is 12.4. The van der Waals surface area contributed by atoms with Crippen molar-refractivity contribution in [3.05, 3.63) is 0 Å². The van der Waals surface area contributed by atoms with E-state index in [9.17, 15) is 19.5 Å². The Bertz CT molecular complexity index is 419. The number of carbonyl (C=O) groups excluding carboxylic acids is 2. The van der Waals surface area contributed by atoms with Crippen molar-refractivity contribution < 1.29 is 19.5 Å². The highest BCUT2D eigenvalue weighted by Crippen LogP contribution is 2.46. The van der Waals surface area contributed by atoms with Gasteiger partial charge in [0.15, 0.2) is 0 Å². The predicted molar refractivity (Wildman–Crippen MR) is 72.9 cm³/mol. The fraction of sp³-hybridized carbons (Fsp3) is 0.800. The lowest BCUT2D eigenvalue weighted by atomic mass is 9.67. The SMILES string of the molecule is CCC(C)(C(=O)O)N1C(=O)CC2(CCCCC2)CC1=O. The number of carboxylic acids is 1. The van der Waals surface area contributed by atoms with Gasteiger partial charge in [0.25, 0.3) is 0 Å². The van der Waals surface area contributed by atoms with E-state index in [4.69, 9.17) is 0 Å². The first-order valence-corrected chi connectivity index (χ1v) is 7.44. The summed E-state index contributed by atoms with van der Waals surface area (Å²) in [5.74, 6) is -1.73. The summed E-state index contributed by atoms with van der Waals surface area (Å²) in [6.45, 7) is 3.16. The van der Waals surface area contributed by atoms with Crippen LogP contribution < -0.4 is 0 Å². The van der Waals surface area contributed by atoms with Gasteiger partial charge in [-0.05, 0) is 31.6 Å². The monoisotopic (exact) mass is 281 g/mol. The molecule has 1 aliphatic heterocycles. The fourth-order valence-corrected chi connectivity index (χ4v) is 3.61. The van der Waals surface area contributed by atoms with Gasteiger partial charge in [0.1, 0.15) is 5.54 Å². The lowest BCUT2D eigenvalue weighted by Crippen LogP contribution is -2.61. The number of hydrogen-bond donors (Lipinski definition) is 1. The summed E-state index contributed by atoms with van der Waals surface area (Å²) in [5, 5.41) is 9.38. The molecule has 1 saturated carbocycles. The molecule has 20 heavy (non-hydrogen) atoms. The molecule has 2 aliphatic rings. The number of aliphatic carboxylic acids is 1. The van der Waals surface area contributed by atoms with Gasteiger partial charge in [0.2, 0.25) is 11.8 Å². The molecule has 112 valence electrons. The summed E-state index contributed by atoms with van der Waals surface area (Å²) >= 11 is 0. The minimum atomic E-state index is -1.41. The third-order valence-electron chi connectivity index (χ3n) is 5.11. The normalized spacial score (nSPS) is 25.6. The molecule has 1 N–H and O–H groups in total. The zero-order valence-corrected chi connectivity index (χ0v) is 12.3. The number of imide groups is 1. The first-order chi connectivity index (χ1) is 9.34. The summed E-state index contributed by atoms with van der Waals surface area (Å²) in [7, 11) is 0. The molecule has 2 amide bonds. The number of rotatable bonds is 3. The van der Waals surface area contributed by atoms with Crippen molar-refractivity contribution in [2.45, 2.75) is 70.8 Å². The molecule has 0 aromatic heterocycles. The van der Waals surface area contributed by atoms with Gasteiger partial charge in [-0.25, -0.2) is 4.79 Å². The standard InChI is InChI=1S/C15H23NO4/c1-3-14(2,13(19)20)16-11(17)9-15(10-12(16)18)7-5-4-6-8-15/h3-10H2,1-2H3,(H,19,20). The minimum Gasteiger partial charge on any atom is -0.479 e. The van der Waals surface area contributed by atoms with Crippen molar-refractivity contribution in [1.29, 1.82) is 0 Å². The van der Waals surface area contributed by atoms with Gasteiger partial charge < -0.3 is 5.11 Å². The number of amides is 2. The van der Waals surface area contributed by atoms with Crippen molar-refractivity contribution in [2.24, 2.45) is 5.41 Å². The molecule has 5 nitrogen and oxygen atoms in total. The topological polar surface area (TPSA) is 74.7 Å². The van der Waals surface area contributed by atoms with Crippen LogP contribution in [0.25, 0.3) is 0 Å². The second-order valence-corrected chi connectivity index (χ2v) is 6.47. The van der Waals surface area contributed by atoms with Crippen LogP contribution in [-0.2, 0) is 14.4 Å². The van der Waals surface area contributed by atoms with Gasteiger partial charge in [0, 0.05) is 12.8 Å². The predicted octanol–water partition coefficient (Wildman–Crippen LogP) is 2.34. The highest BCUT2D eigenvalue weighted by molar-refractivity contribution is 6.03. The van der Waals surface area contributed by atoms with Crippen molar-refractivity contribution in [3.63, 3.8) is 0 Å². The first kappa shape index (κ1) is 15.0. The second-order valence-electron chi connectivity index (χ2n) is 6.47. The van der Waals surface area contributed by atoms with Crippen LogP contribution in [0.3, 0.4) is 0 Å². The summed E-state index contributed by atoms with van der Waals surface area (Å²) in [6.07, 6.45) is 5.98. The van der Waals surface area contributed by atoms with Gasteiger partial charge in [-0.3, -0.25) is 14.5 Å².